The van der Waals surface area contributed by atoms with Gasteiger partial charge in [-0.05, 0) is 43.4 Å². The smallest absolute Gasteiger partial charge is 0.432 e. The van der Waals surface area contributed by atoms with Crippen LogP contribution in [0.15, 0.2) is 48.5 Å². The van der Waals surface area contributed by atoms with Gasteiger partial charge in [-0.15, -0.1) is 0 Å². The number of unbranched alkanes of at least 4 members (excludes halogenated alkanes) is 2. The van der Waals surface area contributed by atoms with Crippen molar-refractivity contribution in [2.45, 2.75) is 82.8 Å². The second-order valence-electron chi connectivity index (χ2n) is 9.47. The lowest BCUT2D eigenvalue weighted by Crippen LogP contribution is -2.52. The van der Waals surface area contributed by atoms with Gasteiger partial charge in [0.15, 0.2) is 11.5 Å². The second kappa shape index (κ2) is 15.5. The predicted octanol–water partition coefficient (Wildman–Crippen LogP) is 6.55. The van der Waals surface area contributed by atoms with Gasteiger partial charge in [0, 0.05) is 26.0 Å². The van der Waals surface area contributed by atoms with E-state index in [1.807, 2.05) is 13.0 Å². The average molecular weight is 569 g/mol. The molecule has 0 fully saturated rings. The van der Waals surface area contributed by atoms with Crippen LogP contribution in [-0.2, 0) is 35.8 Å². The first-order valence-electron chi connectivity index (χ1n) is 13.3. The molecule has 0 aliphatic heterocycles. The van der Waals surface area contributed by atoms with Gasteiger partial charge >= 0.3 is 18.1 Å². The Hall–Kier alpha value is -3.27. The van der Waals surface area contributed by atoms with Gasteiger partial charge < -0.3 is 23.7 Å². The summed E-state index contributed by atoms with van der Waals surface area (Å²) in [5.74, 6) is -0.992. The Balaban J connectivity index is 2.31. The normalized spacial score (nSPS) is 14.5. The lowest BCUT2D eigenvalue weighted by molar-refractivity contribution is -0.278. The quantitative estimate of drug-likeness (QED) is 0.168. The number of carbonyl (C=O) groups excluding carboxylic acids is 2. The van der Waals surface area contributed by atoms with Crippen LogP contribution in [0.1, 0.15) is 63.5 Å². The fourth-order valence-electron chi connectivity index (χ4n) is 4.58. The average Bonchev–Trinajstić information content (AvgIpc) is 2.91. The number of esters is 2. The van der Waals surface area contributed by atoms with Gasteiger partial charge in [0.2, 0.25) is 0 Å². The van der Waals surface area contributed by atoms with Crippen LogP contribution in [0.3, 0.4) is 0 Å². The lowest BCUT2D eigenvalue weighted by Gasteiger charge is -2.34. The van der Waals surface area contributed by atoms with Crippen molar-refractivity contribution in [3.05, 3.63) is 59.7 Å². The van der Waals surface area contributed by atoms with E-state index >= 15 is 0 Å². The zero-order chi connectivity index (χ0) is 29.8. The van der Waals surface area contributed by atoms with Gasteiger partial charge in [-0.3, -0.25) is 4.79 Å². The van der Waals surface area contributed by atoms with E-state index in [1.54, 1.807) is 18.2 Å². The highest BCUT2D eigenvalue weighted by atomic mass is 19.4. The molecule has 3 atom stereocenters. The number of alkyl halides is 3. The molecule has 222 valence electrons. The van der Waals surface area contributed by atoms with Crippen LogP contribution in [0, 0.1) is 0 Å². The van der Waals surface area contributed by atoms with Crippen molar-refractivity contribution >= 4 is 11.9 Å². The first-order valence-corrected chi connectivity index (χ1v) is 13.3. The second-order valence-corrected chi connectivity index (χ2v) is 9.47. The van der Waals surface area contributed by atoms with Crippen LogP contribution in [0.4, 0.5) is 13.2 Å². The molecular weight excluding hydrogens is 529 g/mol. The SMILES string of the molecule is CCCCC[C@@H](C[C@H](CCc1ccc(OC)c(OC)c1)OC(C)=O)OC(=O)[C@](OC)(c1ccccc1)C(F)(F)F. The molecule has 7 nitrogen and oxygen atoms in total. The maximum atomic E-state index is 14.4. The maximum Gasteiger partial charge on any atom is 0.432 e. The van der Waals surface area contributed by atoms with Crippen LogP contribution in [0.25, 0.3) is 0 Å². The van der Waals surface area contributed by atoms with Gasteiger partial charge in [-0.1, -0.05) is 56.2 Å². The Morgan fingerprint density at radius 1 is 0.850 bits per heavy atom. The molecule has 0 aliphatic carbocycles. The van der Waals surface area contributed by atoms with E-state index < -0.39 is 35.9 Å². The van der Waals surface area contributed by atoms with Gasteiger partial charge in [0.05, 0.1) is 14.2 Å². The summed E-state index contributed by atoms with van der Waals surface area (Å²) in [6, 6.07) is 12.1. The number of ether oxygens (including phenoxy) is 5. The summed E-state index contributed by atoms with van der Waals surface area (Å²) in [7, 11) is 3.89. The summed E-state index contributed by atoms with van der Waals surface area (Å²) in [6.45, 7) is 3.25. The zero-order valence-corrected chi connectivity index (χ0v) is 23.7. The van der Waals surface area contributed by atoms with Crippen LogP contribution in [-0.4, -0.2) is 51.7 Å². The van der Waals surface area contributed by atoms with Crippen molar-refractivity contribution in [3.63, 3.8) is 0 Å². The van der Waals surface area contributed by atoms with E-state index in [4.69, 9.17) is 23.7 Å². The molecule has 0 unspecified atom stereocenters. The molecule has 0 N–H and O–H groups in total. The van der Waals surface area contributed by atoms with Gasteiger partial charge in [0.1, 0.15) is 12.2 Å². The highest BCUT2D eigenvalue weighted by Gasteiger charge is 2.64. The van der Waals surface area contributed by atoms with Crippen molar-refractivity contribution in [1.29, 1.82) is 0 Å². The topological polar surface area (TPSA) is 80.3 Å². The van der Waals surface area contributed by atoms with Gasteiger partial charge in [-0.2, -0.15) is 13.2 Å². The van der Waals surface area contributed by atoms with E-state index in [0.717, 1.165) is 25.5 Å². The molecule has 40 heavy (non-hydrogen) atoms. The van der Waals surface area contributed by atoms with Crippen LogP contribution in [0.2, 0.25) is 0 Å². The zero-order valence-electron chi connectivity index (χ0n) is 23.7. The Morgan fingerprint density at radius 2 is 1.50 bits per heavy atom. The number of aryl methyl sites for hydroxylation is 1. The molecule has 0 aromatic heterocycles. The largest absolute Gasteiger partial charge is 0.493 e. The number of benzene rings is 2. The van der Waals surface area contributed by atoms with Crippen LogP contribution in [0.5, 0.6) is 11.5 Å². The Labute approximate surface area is 233 Å². The number of methoxy groups -OCH3 is 3. The molecule has 2 aromatic carbocycles. The minimum absolute atomic E-state index is 0.0365. The van der Waals surface area contributed by atoms with Crippen molar-refractivity contribution in [2.75, 3.05) is 21.3 Å². The summed E-state index contributed by atoms with van der Waals surface area (Å²) in [5, 5.41) is 0. The summed E-state index contributed by atoms with van der Waals surface area (Å²) in [4.78, 5) is 25.2. The van der Waals surface area contributed by atoms with Crippen LogP contribution < -0.4 is 9.47 Å². The number of rotatable bonds is 16. The Kier molecular flexibility index (Phi) is 12.8. The fraction of sp³-hybridized carbons (Fsp3) is 0.533. The molecule has 0 bridgehead atoms. The molecular formula is C30H39F3O7. The molecule has 2 rings (SSSR count). The predicted molar refractivity (Wildman–Crippen MR) is 143 cm³/mol. The molecule has 0 radical (unpaired) electrons. The molecule has 2 aromatic rings. The van der Waals surface area contributed by atoms with E-state index in [-0.39, 0.29) is 12.0 Å². The maximum absolute atomic E-state index is 14.4. The van der Waals surface area contributed by atoms with Crippen LogP contribution >= 0.6 is 0 Å². The van der Waals surface area contributed by atoms with Crippen molar-refractivity contribution in [3.8, 4) is 11.5 Å². The number of carbonyl (C=O) groups is 2. The van der Waals surface area contributed by atoms with E-state index in [1.165, 1.54) is 45.4 Å². The Morgan fingerprint density at radius 3 is 2.05 bits per heavy atom. The standard InChI is InChI=1S/C30H39F3O7/c1-6-7-9-14-24(40-28(35)29(38-5,30(31,32)33)23-12-10-8-11-13-23)20-25(39-21(2)34)17-15-22-16-18-26(36-3)27(19-22)37-4/h8,10-13,16,18-19,24-25H,6-7,9,14-15,17,20H2,1-5H3/t24-,25-,29+/m0/s1. The number of halogens is 3. The molecule has 0 spiro atoms. The molecule has 0 saturated heterocycles. The van der Waals surface area contributed by atoms with E-state index in [9.17, 15) is 22.8 Å². The number of hydrogen-bond acceptors (Lipinski definition) is 7. The summed E-state index contributed by atoms with van der Waals surface area (Å²) < 4.78 is 69.8. The van der Waals surface area contributed by atoms with Gasteiger partial charge in [-0.25, -0.2) is 4.79 Å². The Bertz CT molecular complexity index is 1070. The van der Waals surface area contributed by atoms with E-state index in [0.29, 0.717) is 37.2 Å². The highest BCUT2D eigenvalue weighted by molar-refractivity contribution is 5.82. The molecule has 0 saturated carbocycles. The number of hydrogen-bond donors (Lipinski definition) is 0. The van der Waals surface area contributed by atoms with Gasteiger partial charge in [0.25, 0.3) is 5.60 Å². The monoisotopic (exact) mass is 568 g/mol. The lowest BCUT2D eigenvalue weighted by atomic mass is 9.92. The highest BCUT2D eigenvalue weighted by Crippen LogP contribution is 2.43. The summed E-state index contributed by atoms with van der Waals surface area (Å²) >= 11 is 0. The summed E-state index contributed by atoms with van der Waals surface area (Å²) in [6.07, 6.45) is -3.28. The van der Waals surface area contributed by atoms with Crippen molar-refractivity contribution in [1.82, 2.24) is 0 Å². The third-order valence-electron chi connectivity index (χ3n) is 6.64. The molecule has 0 heterocycles. The molecule has 0 amide bonds. The molecule has 0 aliphatic rings. The molecule has 10 heteroatoms. The first kappa shape index (κ1) is 32.9. The minimum atomic E-state index is -5.09. The van der Waals surface area contributed by atoms with Crippen molar-refractivity contribution < 1.29 is 46.4 Å². The third kappa shape index (κ3) is 8.61. The fourth-order valence-corrected chi connectivity index (χ4v) is 4.58. The first-order chi connectivity index (χ1) is 19.0. The summed E-state index contributed by atoms with van der Waals surface area (Å²) in [5.41, 5.74) is -2.80. The van der Waals surface area contributed by atoms with E-state index in [2.05, 4.69) is 0 Å². The minimum Gasteiger partial charge on any atom is -0.493 e. The van der Waals surface area contributed by atoms with Crippen molar-refractivity contribution in [2.24, 2.45) is 0 Å². The third-order valence-corrected chi connectivity index (χ3v) is 6.64.